The lowest BCUT2D eigenvalue weighted by Crippen LogP contribution is -1.99. The van der Waals surface area contributed by atoms with E-state index >= 15 is 0 Å². The molecule has 6 nitrogen and oxygen atoms in total. The molecule has 0 aliphatic rings. The summed E-state index contributed by atoms with van der Waals surface area (Å²) < 4.78 is 4.82. The van der Waals surface area contributed by atoms with E-state index in [0.29, 0.717) is 11.5 Å². The molecule has 13 heavy (non-hydrogen) atoms. The number of hydrogen-bond donors (Lipinski definition) is 2. The van der Waals surface area contributed by atoms with Crippen LogP contribution in [0.2, 0.25) is 0 Å². The van der Waals surface area contributed by atoms with Crippen molar-refractivity contribution in [3.05, 3.63) is 17.1 Å². The number of hydrogen-bond acceptors (Lipinski definition) is 6. The molecule has 2 heterocycles. The van der Waals surface area contributed by atoms with Gasteiger partial charge in [-0.05, 0) is 12.2 Å². The quantitative estimate of drug-likeness (QED) is 0.653. The molecule has 0 aromatic carbocycles. The molecule has 7 heteroatoms. The third kappa shape index (κ3) is 1.54. The fraction of sp³-hybridized carbons (Fsp3) is 0. The van der Waals surface area contributed by atoms with Crippen LogP contribution in [0.1, 0.15) is 0 Å². The van der Waals surface area contributed by atoms with E-state index in [2.05, 4.69) is 24.6 Å². The molecule has 2 aromatic rings. The second-order valence-corrected chi connectivity index (χ2v) is 2.61. The van der Waals surface area contributed by atoms with Crippen LogP contribution in [-0.2, 0) is 0 Å². The first-order chi connectivity index (χ1) is 6.25. The fourth-order valence-corrected chi connectivity index (χ4v) is 1.05. The Morgan fingerprint density at radius 3 is 2.92 bits per heavy atom. The maximum atomic E-state index is 5.43. The highest BCUT2D eigenvalue weighted by atomic mass is 32.1. The molecule has 0 saturated heterocycles. The zero-order valence-electron chi connectivity index (χ0n) is 6.39. The molecule has 0 amide bonds. The minimum atomic E-state index is 0.175. The smallest absolute Gasteiger partial charge is 0.224 e. The largest absolute Gasteiger partial charge is 0.369 e. The molecule has 0 spiro atoms. The van der Waals surface area contributed by atoms with Crippen molar-refractivity contribution in [2.75, 3.05) is 5.73 Å². The molecule has 0 radical (unpaired) electrons. The van der Waals surface area contributed by atoms with Crippen molar-refractivity contribution in [2.45, 2.75) is 0 Å². The van der Waals surface area contributed by atoms with Crippen LogP contribution in [0, 0.1) is 4.77 Å². The Balaban J connectivity index is 2.59. The lowest BCUT2D eigenvalue weighted by atomic mass is 10.4. The maximum absolute atomic E-state index is 5.43. The van der Waals surface area contributed by atoms with Gasteiger partial charge >= 0.3 is 0 Å². The molecular weight excluding hydrogens is 190 g/mol. The third-order valence-corrected chi connectivity index (χ3v) is 1.53. The van der Waals surface area contributed by atoms with Crippen molar-refractivity contribution < 1.29 is 4.52 Å². The summed E-state index contributed by atoms with van der Waals surface area (Å²) in [6.45, 7) is 0. The van der Waals surface area contributed by atoms with Crippen molar-refractivity contribution in [3.8, 4) is 11.5 Å². The molecule has 66 valence electrons. The number of nitrogens with one attached hydrogen (secondary N) is 1. The average Bonchev–Trinajstić information content (AvgIpc) is 2.53. The van der Waals surface area contributed by atoms with Gasteiger partial charge in [0.2, 0.25) is 10.7 Å². The Labute approximate surface area is 77.8 Å². The molecule has 0 atom stereocenters. The summed E-state index contributed by atoms with van der Waals surface area (Å²) in [5.41, 5.74) is 5.98. The van der Waals surface area contributed by atoms with Crippen LogP contribution >= 0.6 is 12.2 Å². The summed E-state index contributed by atoms with van der Waals surface area (Å²) in [7, 11) is 0. The van der Waals surface area contributed by atoms with Gasteiger partial charge in [-0.15, -0.1) is 0 Å². The summed E-state index contributed by atoms with van der Waals surface area (Å²) >= 11 is 4.78. The van der Waals surface area contributed by atoms with Gasteiger partial charge in [-0.2, -0.15) is 9.97 Å². The Morgan fingerprint density at radius 1 is 1.46 bits per heavy atom. The van der Waals surface area contributed by atoms with Crippen molar-refractivity contribution in [1.82, 2.24) is 20.1 Å². The molecule has 2 aromatic heterocycles. The number of nitrogens with zero attached hydrogens (tertiary/aromatic N) is 3. The van der Waals surface area contributed by atoms with Crippen molar-refractivity contribution in [1.29, 1.82) is 0 Å². The number of anilines is 1. The summed E-state index contributed by atoms with van der Waals surface area (Å²) in [6.07, 6.45) is 1.44. The van der Waals surface area contributed by atoms with Gasteiger partial charge in [0.05, 0.1) is 0 Å². The van der Waals surface area contributed by atoms with E-state index in [1.807, 2.05) is 0 Å². The molecule has 0 saturated carbocycles. The van der Waals surface area contributed by atoms with Gasteiger partial charge in [-0.25, -0.2) is 0 Å². The Bertz CT molecular complexity index is 462. The van der Waals surface area contributed by atoms with Gasteiger partial charge in [0, 0.05) is 6.07 Å². The minimum Gasteiger partial charge on any atom is -0.369 e. The van der Waals surface area contributed by atoms with Gasteiger partial charge in [-0.3, -0.25) is 0 Å². The van der Waals surface area contributed by atoms with Gasteiger partial charge < -0.3 is 15.2 Å². The van der Waals surface area contributed by atoms with E-state index in [9.17, 15) is 0 Å². The van der Waals surface area contributed by atoms with Crippen molar-refractivity contribution >= 4 is 18.2 Å². The highest BCUT2D eigenvalue weighted by molar-refractivity contribution is 7.71. The van der Waals surface area contributed by atoms with E-state index in [1.54, 1.807) is 6.07 Å². The van der Waals surface area contributed by atoms with Crippen LogP contribution in [0.4, 0.5) is 5.95 Å². The highest BCUT2D eigenvalue weighted by Crippen LogP contribution is 2.10. The zero-order chi connectivity index (χ0) is 9.26. The number of H-pyrrole nitrogens is 1. The minimum absolute atomic E-state index is 0.175. The number of rotatable bonds is 1. The van der Waals surface area contributed by atoms with E-state index < -0.39 is 0 Å². The van der Waals surface area contributed by atoms with Crippen molar-refractivity contribution in [2.24, 2.45) is 0 Å². The van der Waals surface area contributed by atoms with Gasteiger partial charge in [0.1, 0.15) is 12.0 Å². The molecule has 0 unspecified atom stereocenters. The molecule has 0 fully saturated rings. The first-order valence-corrected chi connectivity index (χ1v) is 3.81. The lowest BCUT2D eigenvalue weighted by molar-refractivity contribution is 0.422. The zero-order valence-corrected chi connectivity index (χ0v) is 7.21. The summed E-state index contributed by atoms with van der Waals surface area (Å²) in [6, 6.07) is 1.65. The van der Waals surface area contributed by atoms with Crippen molar-refractivity contribution in [3.63, 3.8) is 0 Å². The Kier molecular flexibility index (Phi) is 1.78. The molecular formula is C6H5N5OS. The van der Waals surface area contributed by atoms with E-state index in [-0.39, 0.29) is 10.7 Å². The van der Waals surface area contributed by atoms with Crippen LogP contribution in [0.25, 0.3) is 11.5 Å². The number of nitrogen functional groups attached to an aromatic ring is 1. The van der Waals surface area contributed by atoms with Gasteiger partial charge in [0.15, 0.2) is 5.82 Å². The lowest BCUT2D eigenvalue weighted by Gasteiger charge is -1.95. The Morgan fingerprint density at radius 2 is 2.31 bits per heavy atom. The molecule has 0 aliphatic heterocycles. The van der Waals surface area contributed by atoms with E-state index in [0.717, 1.165) is 0 Å². The predicted molar refractivity (Wildman–Crippen MR) is 47.1 cm³/mol. The van der Waals surface area contributed by atoms with E-state index in [1.165, 1.54) is 6.26 Å². The SMILES string of the molecule is Nc1nc(=S)nc(-c2ccon2)[nH]1. The van der Waals surface area contributed by atoms with Gasteiger partial charge in [0.25, 0.3) is 0 Å². The topological polar surface area (TPSA) is 93.6 Å². The van der Waals surface area contributed by atoms with Crippen LogP contribution in [0.3, 0.4) is 0 Å². The first-order valence-electron chi connectivity index (χ1n) is 3.40. The summed E-state index contributed by atoms with van der Waals surface area (Å²) in [5, 5.41) is 3.67. The summed E-state index contributed by atoms with van der Waals surface area (Å²) in [4.78, 5) is 10.4. The predicted octanol–water partition coefficient (Wildman–Crippen LogP) is 0.771. The standard InChI is InChI=1S/C6H5N5OS/c7-5-8-4(9-6(13)10-5)3-1-2-12-11-3/h1-2H,(H3,7,8,9,10,13). The molecule has 2 rings (SSSR count). The van der Waals surface area contributed by atoms with Crippen LogP contribution < -0.4 is 5.73 Å². The third-order valence-electron chi connectivity index (χ3n) is 1.35. The van der Waals surface area contributed by atoms with Crippen LogP contribution in [0.5, 0.6) is 0 Å². The van der Waals surface area contributed by atoms with Gasteiger partial charge in [-0.1, -0.05) is 5.16 Å². The second-order valence-electron chi connectivity index (χ2n) is 2.25. The summed E-state index contributed by atoms with van der Waals surface area (Å²) in [5.74, 6) is 0.657. The Hall–Kier alpha value is -1.76. The molecule has 3 N–H and O–H groups in total. The fourth-order valence-electron chi connectivity index (χ4n) is 0.857. The first kappa shape index (κ1) is 7.87. The van der Waals surface area contributed by atoms with E-state index in [4.69, 9.17) is 18.0 Å². The maximum Gasteiger partial charge on any atom is 0.224 e. The number of aromatic amines is 1. The number of nitrogens with two attached hydrogens (primary N) is 1. The highest BCUT2D eigenvalue weighted by Gasteiger charge is 2.03. The normalized spacial score (nSPS) is 10.2. The number of aromatic nitrogens is 4. The molecule has 0 bridgehead atoms. The molecule has 0 aliphatic carbocycles. The average molecular weight is 195 g/mol. The monoisotopic (exact) mass is 195 g/mol. The van der Waals surface area contributed by atoms with Crippen LogP contribution in [0.15, 0.2) is 16.9 Å². The van der Waals surface area contributed by atoms with Crippen LogP contribution in [-0.4, -0.2) is 20.1 Å². The second kappa shape index (κ2) is 2.94.